The predicted molar refractivity (Wildman–Crippen MR) is 138 cm³/mol. The van der Waals surface area contributed by atoms with Crippen LogP contribution in [0.5, 0.6) is 0 Å². The Bertz CT molecular complexity index is 1420. The van der Waals surface area contributed by atoms with Gasteiger partial charge in [0.1, 0.15) is 17.8 Å². The summed E-state index contributed by atoms with van der Waals surface area (Å²) in [6, 6.07) is 20.3. The summed E-state index contributed by atoms with van der Waals surface area (Å²) < 4.78 is 0. The van der Waals surface area contributed by atoms with Gasteiger partial charge in [0.15, 0.2) is 0 Å². The number of hydrogen-bond acceptors (Lipinski definition) is 5. The lowest BCUT2D eigenvalue weighted by atomic mass is 9.81. The molecule has 0 amide bonds. The van der Waals surface area contributed by atoms with Gasteiger partial charge in [-0.05, 0) is 78.1 Å². The smallest absolute Gasteiger partial charge is 0.142 e. The number of benzene rings is 2. The Labute approximate surface area is 205 Å². The van der Waals surface area contributed by atoms with Crippen molar-refractivity contribution in [3.05, 3.63) is 77.7 Å². The Balaban J connectivity index is 1.43. The van der Waals surface area contributed by atoms with Crippen LogP contribution in [0.25, 0.3) is 22.2 Å². The van der Waals surface area contributed by atoms with Gasteiger partial charge in [0, 0.05) is 19.3 Å². The van der Waals surface area contributed by atoms with E-state index in [-0.39, 0.29) is 0 Å². The number of H-pyrrole nitrogens is 1. The van der Waals surface area contributed by atoms with Crippen molar-refractivity contribution in [1.29, 1.82) is 10.5 Å². The molecule has 1 fully saturated rings. The molecule has 0 saturated carbocycles. The Hall–Kier alpha value is -4.16. The largest absolute Gasteiger partial charge is 0.356 e. The van der Waals surface area contributed by atoms with Gasteiger partial charge in [0.05, 0.1) is 28.7 Å². The van der Waals surface area contributed by atoms with Gasteiger partial charge in [-0.3, -0.25) is 0 Å². The van der Waals surface area contributed by atoms with Crippen LogP contribution < -0.4 is 4.90 Å². The van der Waals surface area contributed by atoms with E-state index in [0.29, 0.717) is 23.0 Å². The molecule has 0 radical (unpaired) electrons. The molecule has 2 unspecified atom stereocenters. The molecule has 1 aliphatic heterocycles. The van der Waals surface area contributed by atoms with Crippen molar-refractivity contribution in [3.63, 3.8) is 0 Å². The molecular formula is C29H28N6. The van der Waals surface area contributed by atoms with E-state index in [2.05, 4.69) is 51.0 Å². The first-order valence-corrected chi connectivity index (χ1v) is 12.3. The molecule has 0 spiro atoms. The average Bonchev–Trinajstić information content (AvgIpc) is 3.58. The maximum atomic E-state index is 9.55. The van der Waals surface area contributed by atoms with Gasteiger partial charge in [0.2, 0.25) is 0 Å². The highest BCUT2D eigenvalue weighted by Crippen LogP contribution is 2.39. The summed E-state index contributed by atoms with van der Waals surface area (Å²) in [5, 5.41) is 20.0. The molecule has 0 aliphatic carbocycles. The minimum Gasteiger partial charge on any atom is -0.356 e. The van der Waals surface area contributed by atoms with Crippen molar-refractivity contribution in [2.75, 3.05) is 18.0 Å². The van der Waals surface area contributed by atoms with Gasteiger partial charge in [-0.25, -0.2) is 9.97 Å². The van der Waals surface area contributed by atoms with Crippen LogP contribution in [0.15, 0.2) is 61.1 Å². The first kappa shape index (κ1) is 22.6. The lowest BCUT2D eigenvalue weighted by Gasteiger charge is -2.24. The molecule has 35 heavy (non-hydrogen) atoms. The fourth-order valence-corrected chi connectivity index (χ4v) is 5.47. The maximum Gasteiger partial charge on any atom is 0.142 e. The highest BCUT2D eigenvalue weighted by molar-refractivity contribution is 5.87. The van der Waals surface area contributed by atoms with Gasteiger partial charge in [-0.2, -0.15) is 10.5 Å². The number of fused-ring (bicyclic) bond motifs is 1. The molecule has 1 N–H and O–H groups in total. The van der Waals surface area contributed by atoms with E-state index < -0.39 is 0 Å². The van der Waals surface area contributed by atoms with Crippen LogP contribution in [0.1, 0.15) is 55.2 Å². The molecule has 6 heteroatoms. The molecule has 3 heterocycles. The summed E-state index contributed by atoms with van der Waals surface area (Å²) in [6.45, 7) is 4.20. The number of anilines is 1. The predicted octanol–water partition coefficient (Wildman–Crippen LogP) is 6.17. The maximum absolute atomic E-state index is 9.55. The lowest BCUT2D eigenvalue weighted by molar-refractivity contribution is 0.447. The van der Waals surface area contributed by atoms with Crippen LogP contribution in [-0.4, -0.2) is 28.0 Å². The zero-order valence-corrected chi connectivity index (χ0v) is 19.9. The Morgan fingerprint density at radius 3 is 2.77 bits per heavy atom. The van der Waals surface area contributed by atoms with Crippen LogP contribution in [0.4, 0.5) is 5.82 Å². The van der Waals surface area contributed by atoms with Crippen LogP contribution in [0.2, 0.25) is 0 Å². The van der Waals surface area contributed by atoms with Crippen LogP contribution >= 0.6 is 0 Å². The van der Waals surface area contributed by atoms with Crippen molar-refractivity contribution in [3.8, 4) is 23.3 Å². The first-order chi connectivity index (χ1) is 17.2. The van der Waals surface area contributed by atoms with E-state index in [4.69, 9.17) is 0 Å². The van der Waals surface area contributed by atoms with Crippen LogP contribution in [0, 0.1) is 28.6 Å². The van der Waals surface area contributed by atoms with E-state index in [1.807, 2.05) is 42.6 Å². The molecule has 174 valence electrons. The second kappa shape index (κ2) is 9.99. The lowest BCUT2D eigenvalue weighted by Crippen LogP contribution is -2.21. The third-order valence-corrected chi connectivity index (χ3v) is 7.10. The van der Waals surface area contributed by atoms with E-state index in [1.54, 1.807) is 6.33 Å². The summed E-state index contributed by atoms with van der Waals surface area (Å²) >= 11 is 0. The van der Waals surface area contributed by atoms with Crippen molar-refractivity contribution < 1.29 is 0 Å². The molecule has 5 rings (SSSR count). The Kier molecular flexibility index (Phi) is 6.46. The van der Waals surface area contributed by atoms with E-state index in [0.717, 1.165) is 66.8 Å². The number of aromatic amines is 1. The second-order valence-electron chi connectivity index (χ2n) is 9.37. The van der Waals surface area contributed by atoms with Crippen molar-refractivity contribution in [1.82, 2.24) is 15.0 Å². The van der Waals surface area contributed by atoms with Gasteiger partial charge < -0.3 is 9.88 Å². The number of rotatable bonds is 7. The highest BCUT2D eigenvalue weighted by Gasteiger charge is 2.28. The van der Waals surface area contributed by atoms with Gasteiger partial charge >= 0.3 is 0 Å². The topological polar surface area (TPSA) is 92.4 Å². The first-order valence-electron chi connectivity index (χ1n) is 12.3. The summed E-state index contributed by atoms with van der Waals surface area (Å²) in [7, 11) is 0. The standard InChI is InChI=1S/C29H28N6/c1-2-4-23(14-22-10-12-35(18-22)29-26-9-11-32-28(26)33-19-34-29)25-8-7-21(17-31)15-27(25)24-6-3-5-20(13-24)16-30/h3,5-9,11,13,15,19,22-23H,2,4,10,12,14,18H2,1H3,(H,32,33,34). The summed E-state index contributed by atoms with van der Waals surface area (Å²) in [4.78, 5) is 14.5. The summed E-state index contributed by atoms with van der Waals surface area (Å²) in [5.74, 6) is 1.96. The normalized spacial score (nSPS) is 16.2. The van der Waals surface area contributed by atoms with Crippen molar-refractivity contribution in [2.45, 2.75) is 38.5 Å². The van der Waals surface area contributed by atoms with Crippen LogP contribution in [0.3, 0.4) is 0 Å². The zero-order chi connectivity index (χ0) is 24.2. The molecule has 4 aromatic rings. The van der Waals surface area contributed by atoms with Gasteiger partial charge in [0.25, 0.3) is 0 Å². The third kappa shape index (κ3) is 4.61. The van der Waals surface area contributed by atoms with Gasteiger partial charge in [-0.15, -0.1) is 0 Å². The number of nitrogens with one attached hydrogen (secondary N) is 1. The molecular weight excluding hydrogens is 432 g/mol. The average molecular weight is 461 g/mol. The third-order valence-electron chi connectivity index (χ3n) is 7.10. The summed E-state index contributed by atoms with van der Waals surface area (Å²) in [6.07, 6.45) is 7.95. The Morgan fingerprint density at radius 1 is 1.09 bits per heavy atom. The van der Waals surface area contributed by atoms with E-state index in [9.17, 15) is 10.5 Å². The molecule has 6 nitrogen and oxygen atoms in total. The summed E-state index contributed by atoms with van der Waals surface area (Å²) in [5.41, 5.74) is 5.50. The number of aromatic nitrogens is 3. The van der Waals surface area contributed by atoms with Crippen molar-refractivity contribution >= 4 is 16.9 Å². The highest BCUT2D eigenvalue weighted by atomic mass is 15.2. The molecule has 1 aliphatic rings. The molecule has 2 aromatic heterocycles. The monoisotopic (exact) mass is 460 g/mol. The van der Waals surface area contributed by atoms with Gasteiger partial charge in [-0.1, -0.05) is 31.5 Å². The minimum atomic E-state index is 0.385. The molecule has 2 atom stereocenters. The minimum absolute atomic E-state index is 0.385. The Morgan fingerprint density at radius 2 is 1.94 bits per heavy atom. The van der Waals surface area contributed by atoms with Crippen molar-refractivity contribution in [2.24, 2.45) is 5.92 Å². The van der Waals surface area contributed by atoms with E-state index >= 15 is 0 Å². The molecule has 1 saturated heterocycles. The molecule has 2 aromatic carbocycles. The SMILES string of the molecule is CCCC(CC1CCN(c2ncnc3[nH]ccc23)C1)c1ccc(C#N)cc1-c1cccc(C#N)c1. The fourth-order valence-electron chi connectivity index (χ4n) is 5.47. The quantitative estimate of drug-likeness (QED) is 0.356. The number of nitrogens with zero attached hydrogens (tertiary/aromatic N) is 5. The second-order valence-corrected chi connectivity index (χ2v) is 9.37. The zero-order valence-electron chi connectivity index (χ0n) is 19.9. The van der Waals surface area contributed by atoms with Crippen LogP contribution in [-0.2, 0) is 0 Å². The fraction of sp³-hybridized carbons (Fsp3) is 0.310. The van der Waals surface area contributed by atoms with E-state index in [1.165, 1.54) is 5.56 Å². The molecule has 0 bridgehead atoms. The number of nitriles is 2. The number of hydrogen-bond donors (Lipinski definition) is 1.